The van der Waals surface area contributed by atoms with Crippen LogP contribution in [-0.2, 0) is 20.9 Å². The van der Waals surface area contributed by atoms with Crippen molar-refractivity contribution in [2.75, 3.05) is 7.11 Å². The SMILES string of the molecule is COC(=O)C1=CN(Cc2cccc(C(=N)N)c2)C(c2cc3ccccc3nc2Cl)C(=O)N1. The average molecular weight is 450 g/mol. The number of nitrogens with zero attached hydrogens (tertiary/aromatic N) is 2. The van der Waals surface area contributed by atoms with Crippen molar-refractivity contribution in [1.29, 1.82) is 5.41 Å². The van der Waals surface area contributed by atoms with Gasteiger partial charge in [0, 0.05) is 29.3 Å². The maximum atomic E-state index is 13.1. The summed E-state index contributed by atoms with van der Waals surface area (Å²) in [4.78, 5) is 31.4. The molecule has 3 aromatic rings. The molecule has 0 fully saturated rings. The van der Waals surface area contributed by atoms with Gasteiger partial charge in [0.1, 0.15) is 22.7 Å². The van der Waals surface area contributed by atoms with Crippen molar-refractivity contribution < 1.29 is 14.3 Å². The van der Waals surface area contributed by atoms with Gasteiger partial charge in [-0.15, -0.1) is 0 Å². The van der Waals surface area contributed by atoms with Crippen LogP contribution in [0.15, 0.2) is 66.5 Å². The molecule has 0 aliphatic carbocycles. The lowest BCUT2D eigenvalue weighted by Gasteiger charge is -2.34. The fraction of sp³-hybridized carbons (Fsp3) is 0.130. The predicted molar refractivity (Wildman–Crippen MR) is 121 cm³/mol. The minimum atomic E-state index is -0.839. The van der Waals surface area contributed by atoms with Crippen molar-refractivity contribution in [2.24, 2.45) is 5.73 Å². The quantitative estimate of drug-likeness (QED) is 0.238. The van der Waals surface area contributed by atoms with Gasteiger partial charge in [0.25, 0.3) is 5.91 Å². The van der Waals surface area contributed by atoms with Crippen LogP contribution in [0.25, 0.3) is 10.9 Å². The summed E-state index contributed by atoms with van der Waals surface area (Å²) in [6.45, 7) is 0.253. The number of halogens is 1. The number of carbonyl (C=O) groups is 2. The van der Waals surface area contributed by atoms with Gasteiger partial charge >= 0.3 is 5.97 Å². The topological polar surface area (TPSA) is 121 Å². The Morgan fingerprint density at radius 1 is 1.25 bits per heavy atom. The van der Waals surface area contributed by atoms with Crippen LogP contribution in [0.2, 0.25) is 5.15 Å². The lowest BCUT2D eigenvalue weighted by molar-refractivity contribution is -0.139. The highest BCUT2D eigenvalue weighted by Gasteiger charge is 2.35. The molecule has 162 valence electrons. The number of fused-ring (bicyclic) bond motifs is 1. The van der Waals surface area contributed by atoms with E-state index in [0.717, 1.165) is 10.9 Å². The summed E-state index contributed by atoms with van der Waals surface area (Å²) >= 11 is 6.49. The van der Waals surface area contributed by atoms with Gasteiger partial charge in [-0.25, -0.2) is 9.78 Å². The van der Waals surface area contributed by atoms with Gasteiger partial charge in [-0.05, 0) is 23.8 Å². The molecule has 2 heterocycles. The number of para-hydroxylation sites is 1. The highest BCUT2D eigenvalue weighted by atomic mass is 35.5. The number of ether oxygens (including phenoxy) is 1. The third-order valence-corrected chi connectivity index (χ3v) is 5.44. The normalized spacial score (nSPS) is 15.8. The van der Waals surface area contributed by atoms with Crippen molar-refractivity contribution in [3.8, 4) is 0 Å². The molecule has 2 aromatic carbocycles. The molecule has 0 saturated heterocycles. The Bertz CT molecular complexity index is 1270. The molecule has 8 nitrogen and oxygen atoms in total. The molecule has 1 amide bonds. The van der Waals surface area contributed by atoms with Crippen molar-refractivity contribution >= 4 is 40.2 Å². The second-order valence-corrected chi connectivity index (χ2v) is 7.63. The first-order valence-electron chi connectivity index (χ1n) is 9.72. The van der Waals surface area contributed by atoms with Gasteiger partial charge in [0.05, 0.1) is 12.6 Å². The summed E-state index contributed by atoms with van der Waals surface area (Å²) in [5.41, 5.74) is 8.20. The van der Waals surface area contributed by atoms with E-state index < -0.39 is 17.9 Å². The number of hydrogen-bond donors (Lipinski definition) is 3. The van der Waals surface area contributed by atoms with Gasteiger partial charge in [-0.1, -0.05) is 48.0 Å². The molecule has 0 saturated carbocycles. The van der Waals surface area contributed by atoms with E-state index in [1.807, 2.05) is 36.4 Å². The highest BCUT2D eigenvalue weighted by molar-refractivity contribution is 6.31. The number of carbonyl (C=O) groups excluding carboxylic acids is 2. The minimum absolute atomic E-state index is 0.0151. The summed E-state index contributed by atoms with van der Waals surface area (Å²) < 4.78 is 4.78. The molecule has 1 aliphatic heterocycles. The van der Waals surface area contributed by atoms with Gasteiger partial charge < -0.3 is 20.7 Å². The summed E-state index contributed by atoms with van der Waals surface area (Å²) in [6.07, 6.45) is 1.53. The number of pyridine rings is 1. The molecule has 1 atom stereocenters. The summed E-state index contributed by atoms with van der Waals surface area (Å²) in [5, 5.41) is 11.3. The zero-order valence-corrected chi connectivity index (χ0v) is 17.9. The van der Waals surface area contributed by atoms with Gasteiger partial charge in [0.2, 0.25) is 0 Å². The van der Waals surface area contributed by atoms with Crippen molar-refractivity contribution in [3.05, 3.63) is 88.3 Å². The largest absolute Gasteiger partial charge is 0.464 e. The Morgan fingerprint density at radius 3 is 2.78 bits per heavy atom. The molecule has 0 radical (unpaired) electrons. The van der Waals surface area contributed by atoms with E-state index in [2.05, 4.69) is 10.3 Å². The molecular formula is C23H20ClN5O3. The number of rotatable bonds is 5. The Labute approximate surface area is 189 Å². The maximum absolute atomic E-state index is 13.1. The molecule has 0 spiro atoms. The third kappa shape index (κ3) is 4.13. The summed E-state index contributed by atoms with van der Waals surface area (Å²) in [6, 6.07) is 15.6. The molecule has 1 aliphatic rings. The second kappa shape index (κ2) is 8.68. The molecule has 9 heteroatoms. The zero-order chi connectivity index (χ0) is 22.8. The Morgan fingerprint density at radius 2 is 2.03 bits per heavy atom. The van der Waals surface area contributed by atoms with E-state index >= 15 is 0 Å². The fourth-order valence-electron chi connectivity index (χ4n) is 3.64. The smallest absolute Gasteiger partial charge is 0.356 e. The van der Waals surface area contributed by atoms with Crippen molar-refractivity contribution in [1.82, 2.24) is 15.2 Å². The number of hydrogen-bond acceptors (Lipinski definition) is 6. The standard InChI is InChI=1S/C23H20ClN5O3/c1-32-23(31)18-12-29(11-13-5-4-7-15(9-13)21(25)26)19(22(30)28-18)16-10-14-6-2-3-8-17(14)27-20(16)24/h2-10,12,19H,11H2,1H3,(H3,25,26)(H,28,30). The first kappa shape index (κ1) is 21.3. The van der Waals surface area contributed by atoms with Crippen molar-refractivity contribution in [3.63, 3.8) is 0 Å². The number of aromatic nitrogens is 1. The number of esters is 1. The Kier molecular flexibility index (Phi) is 5.79. The monoisotopic (exact) mass is 449 g/mol. The van der Waals surface area contributed by atoms with Crippen LogP contribution in [0, 0.1) is 5.41 Å². The third-order valence-electron chi connectivity index (χ3n) is 5.14. The zero-order valence-electron chi connectivity index (χ0n) is 17.1. The van der Waals surface area contributed by atoms with E-state index in [1.165, 1.54) is 13.3 Å². The van der Waals surface area contributed by atoms with Crippen LogP contribution in [0.3, 0.4) is 0 Å². The maximum Gasteiger partial charge on any atom is 0.356 e. The number of nitrogens with one attached hydrogen (secondary N) is 2. The van der Waals surface area contributed by atoms with Gasteiger partial charge in [-0.3, -0.25) is 10.2 Å². The first-order chi connectivity index (χ1) is 15.4. The highest BCUT2D eigenvalue weighted by Crippen LogP contribution is 2.33. The lowest BCUT2D eigenvalue weighted by Crippen LogP contribution is -2.44. The van der Waals surface area contributed by atoms with E-state index in [9.17, 15) is 9.59 Å². The van der Waals surface area contributed by atoms with Crippen LogP contribution < -0.4 is 11.1 Å². The summed E-state index contributed by atoms with van der Waals surface area (Å²) in [5.74, 6) is -1.16. The van der Waals surface area contributed by atoms with Crippen molar-refractivity contribution in [2.45, 2.75) is 12.6 Å². The van der Waals surface area contributed by atoms with Crippen LogP contribution in [-0.4, -0.2) is 34.7 Å². The van der Waals surface area contributed by atoms with E-state index in [1.54, 1.807) is 23.1 Å². The number of amides is 1. The number of benzene rings is 2. The van der Waals surface area contributed by atoms with E-state index in [-0.39, 0.29) is 23.2 Å². The number of nitrogens with two attached hydrogens (primary N) is 1. The van der Waals surface area contributed by atoms with Crippen LogP contribution >= 0.6 is 11.6 Å². The molecule has 4 rings (SSSR count). The predicted octanol–water partition coefficient (Wildman–Crippen LogP) is 2.86. The molecule has 0 bridgehead atoms. The minimum Gasteiger partial charge on any atom is -0.464 e. The van der Waals surface area contributed by atoms with Crippen LogP contribution in [0.5, 0.6) is 0 Å². The van der Waals surface area contributed by atoms with Crippen LogP contribution in [0.1, 0.15) is 22.7 Å². The molecule has 1 aromatic heterocycles. The van der Waals surface area contributed by atoms with E-state index in [4.69, 9.17) is 27.5 Å². The molecule has 4 N–H and O–H groups in total. The fourth-order valence-corrected chi connectivity index (χ4v) is 3.89. The van der Waals surface area contributed by atoms with Crippen LogP contribution in [0.4, 0.5) is 0 Å². The number of methoxy groups -OCH3 is 1. The molecule has 1 unspecified atom stereocenters. The molecule has 32 heavy (non-hydrogen) atoms. The first-order valence-corrected chi connectivity index (χ1v) is 10.1. The second-order valence-electron chi connectivity index (χ2n) is 7.27. The Balaban J connectivity index is 1.80. The van der Waals surface area contributed by atoms with E-state index in [0.29, 0.717) is 16.6 Å². The summed E-state index contributed by atoms with van der Waals surface area (Å²) in [7, 11) is 1.24. The van der Waals surface area contributed by atoms with Gasteiger partial charge in [0.15, 0.2) is 0 Å². The molecular weight excluding hydrogens is 430 g/mol. The van der Waals surface area contributed by atoms with Gasteiger partial charge in [-0.2, -0.15) is 0 Å². The number of nitrogen functional groups attached to an aromatic ring is 1. The Hall–Kier alpha value is -3.91. The average Bonchev–Trinajstić information content (AvgIpc) is 2.78. The number of amidine groups is 1. The lowest BCUT2D eigenvalue weighted by atomic mass is 10.0.